The minimum absolute atomic E-state index is 0.115. The molecule has 3 aromatic rings. The van der Waals surface area contributed by atoms with E-state index in [4.69, 9.17) is 11.6 Å². The highest BCUT2D eigenvalue weighted by atomic mass is 35.5. The number of rotatable bonds is 8. The third-order valence-electron chi connectivity index (χ3n) is 5.95. The maximum atomic E-state index is 13.2. The summed E-state index contributed by atoms with van der Waals surface area (Å²) in [6.07, 6.45) is 10.6. The lowest BCUT2D eigenvalue weighted by Gasteiger charge is -2.19. The molecule has 1 saturated heterocycles. The molecule has 6 nitrogen and oxygen atoms in total. The summed E-state index contributed by atoms with van der Waals surface area (Å²) in [5.41, 5.74) is 2.49. The third kappa shape index (κ3) is 5.08. The molecule has 0 spiro atoms. The molecule has 1 unspecified atom stereocenters. The second-order valence-electron chi connectivity index (χ2n) is 8.80. The van der Waals surface area contributed by atoms with Crippen molar-refractivity contribution in [3.63, 3.8) is 0 Å². The van der Waals surface area contributed by atoms with Crippen molar-refractivity contribution < 1.29 is 4.79 Å². The average molecular weight is 440 g/mol. The van der Waals surface area contributed by atoms with E-state index >= 15 is 0 Å². The van der Waals surface area contributed by atoms with Crippen LogP contribution >= 0.6 is 11.6 Å². The Hall–Kier alpha value is -2.44. The van der Waals surface area contributed by atoms with Gasteiger partial charge in [-0.2, -0.15) is 0 Å². The second-order valence-corrected chi connectivity index (χ2v) is 9.21. The molecule has 31 heavy (non-hydrogen) atoms. The Morgan fingerprint density at radius 2 is 2.23 bits per heavy atom. The summed E-state index contributed by atoms with van der Waals surface area (Å²) in [4.78, 5) is 22.0. The third-order valence-corrected chi connectivity index (χ3v) is 6.27. The van der Waals surface area contributed by atoms with Gasteiger partial charge in [0.05, 0.1) is 16.0 Å². The Kier molecular flexibility index (Phi) is 6.88. The van der Waals surface area contributed by atoms with Crippen LogP contribution < -0.4 is 10.6 Å². The largest absolute Gasteiger partial charge is 0.351 e. The van der Waals surface area contributed by atoms with Gasteiger partial charge in [0.15, 0.2) is 0 Å². The maximum absolute atomic E-state index is 13.2. The monoisotopic (exact) mass is 439 g/mol. The molecular formula is C24H30ClN5O. The van der Waals surface area contributed by atoms with Gasteiger partial charge in [-0.3, -0.25) is 9.78 Å². The molecule has 0 aliphatic carbocycles. The number of carbonyl (C=O) groups excluding carboxylic acids is 1. The number of carbonyl (C=O) groups is 1. The standard InChI is InChI=1S/C24H30ClN5O/c1-16(2)11-18(17-5-3-8-26-12-17)13-29-24(31)20-15-30(14-19-6-4-9-27-19)23-22(20)21(25)7-10-28-23/h3,5,7-8,10,12,15-16,18-19,27H,4,6,9,11,13-14H2,1-2H3,(H,29,31)/t18?,19-/m0/s1. The number of hydrogen-bond acceptors (Lipinski definition) is 4. The molecule has 7 heteroatoms. The minimum atomic E-state index is -0.115. The SMILES string of the molecule is CC(C)CC(CNC(=O)c1cn(C[C@@H]2CCCN2)c2nccc(Cl)c12)c1cccnc1. The lowest BCUT2D eigenvalue weighted by Crippen LogP contribution is -2.29. The van der Waals surface area contributed by atoms with E-state index in [1.54, 1.807) is 18.5 Å². The predicted molar refractivity (Wildman–Crippen MR) is 125 cm³/mol. The molecule has 2 atom stereocenters. The highest BCUT2D eigenvalue weighted by Gasteiger charge is 2.23. The normalized spacial score (nSPS) is 17.4. The Balaban J connectivity index is 1.56. The van der Waals surface area contributed by atoms with Crippen LogP contribution in [0.3, 0.4) is 0 Å². The average Bonchev–Trinajstić information content (AvgIpc) is 3.40. The Bertz CT molecular complexity index is 1030. The molecule has 3 aromatic heterocycles. The van der Waals surface area contributed by atoms with E-state index in [9.17, 15) is 4.79 Å². The van der Waals surface area contributed by atoms with Crippen molar-refractivity contribution in [1.82, 2.24) is 25.2 Å². The van der Waals surface area contributed by atoms with Gasteiger partial charge >= 0.3 is 0 Å². The first kappa shape index (κ1) is 21.8. The van der Waals surface area contributed by atoms with Gasteiger partial charge in [-0.15, -0.1) is 0 Å². The van der Waals surface area contributed by atoms with Crippen LogP contribution in [0.5, 0.6) is 0 Å². The van der Waals surface area contributed by atoms with Crippen molar-refractivity contribution in [2.45, 2.75) is 51.6 Å². The topological polar surface area (TPSA) is 71.8 Å². The van der Waals surface area contributed by atoms with Gasteiger partial charge < -0.3 is 15.2 Å². The number of pyridine rings is 2. The van der Waals surface area contributed by atoms with Gasteiger partial charge in [0, 0.05) is 49.8 Å². The van der Waals surface area contributed by atoms with Crippen molar-refractivity contribution in [1.29, 1.82) is 0 Å². The molecule has 164 valence electrons. The van der Waals surface area contributed by atoms with E-state index in [0.29, 0.717) is 29.1 Å². The highest BCUT2D eigenvalue weighted by molar-refractivity contribution is 6.36. The predicted octanol–water partition coefficient (Wildman–Crippen LogP) is 4.40. The maximum Gasteiger partial charge on any atom is 0.253 e. The van der Waals surface area contributed by atoms with Crippen LogP contribution in [0.2, 0.25) is 5.02 Å². The number of nitrogens with one attached hydrogen (secondary N) is 2. The van der Waals surface area contributed by atoms with Crippen LogP contribution in [0.15, 0.2) is 43.0 Å². The van der Waals surface area contributed by atoms with Crippen molar-refractivity contribution >= 4 is 28.5 Å². The molecule has 0 aromatic carbocycles. The molecule has 1 fully saturated rings. The Morgan fingerprint density at radius 1 is 1.35 bits per heavy atom. The van der Waals surface area contributed by atoms with Crippen LogP contribution in [0.25, 0.3) is 11.0 Å². The van der Waals surface area contributed by atoms with Crippen LogP contribution in [-0.2, 0) is 6.54 Å². The first-order chi connectivity index (χ1) is 15.0. The Morgan fingerprint density at radius 3 is 2.94 bits per heavy atom. The Labute approximate surface area is 188 Å². The molecule has 4 heterocycles. The van der Waals surface area contributed by atoms with Crippen LogP contribution in [0, 0.1) is 5.92 Å². The van der Waals surface area contributed by atoms with Gasteiger partial charge in [0.25, 0.3) is 5.91 Å². The molecule has 0 bridgehead atoms. The van der Waals surface area contributed by atoms with Crippen LogP contribution in [0.1, 0.15) is 54.9 Å². The van der Waals surface area contributed by atoms with E-state index in [0.717, 1.165) is 42.5 Å². The molecule has 1 aliphatic rings. The zero-order valence-electron chi connectivity index (χ0n) is 18.1. The minimum Gasteiger partial charge on any atom is -0.351 e. The molecular weight excluding hydrogens is 410 g/mol. The summed E-state index contributed by atoms with van der Waals surface area (Å²) < 4.78 is 2.06. The van der Waals surface area contributed by atoms with E-state index in [-0.39, 0.29) is 11.8 Å². The fraction of sp³-hybridized carbons (Fsp3) is 0.458. The number of halogens is 1. The summed E-state index contributed by atoms with van der Waals surface area (Å²) in [6.45, 7) is 6.76. The van der Waals surface area contributed by atoms with Crippen LogP contribution in [-0.4, -0.2) is 39.6 Å². The number of nitrogens with zero attached hydrogens (tertiary/aromatic N) is 3. The number of amides is 1. The zero-order valence-corrected chi connectivity index (χ0v) is 18.9. The summed E-state index contributed by atoms with van der Waals surface area (Å²) in [5, 5.41) is 7.94. The highest BCUT2D eigenvalue weighted by Crippen LogP contribution is 2.28. The summed E-state index contributed by atoms with van der Waals surface area (Å²) in [7, 11) is 0. The fourth-order valence-electron chi connectivity index (χ4n) is 4.47. The lowest BCUT2D eigenvalue weighted by molar-refractivity contribution is 0.0951. The number of hydrogen-bond donors (Lipinski definition) is 2. The van der Waals surface area contributed by atoms with Crippen LogP contribution in [0.4, 0.5) is 0 Å². The molecule has 1 aliphatic heterocycles. The molecule has 4 rings (SSSR count). The van der Waals surface area contributed by atoms with Gasteiger partial charge in [-0.05, 0) is 49.4 Å². The molecule has 1 amide bonds. The number of aromatic nitrogens is 3. The molecule has 2 N–H and O–H groups in total. The smallest absolute Gasteiger partial charge is 0.253 e. The molecule has 0 saturated carbocycles. The van der Waals surface area contributed by atoms with Gasteiger partial charge in [-0.25, -0.2) is 4.98 Å². The van der Waals surface area contributed by atoms with E-state index in [1.807, 2.05) is 18.5 Å². The van der Waals surface area contributed by atoms with E-state index in [2.05, 4.69) is 45.1 Å². The van der Waals surface area contributed by atoms with Crippen molar-refractivity contribution in [2.24, 2.45) is 5.92 Å². The van der Waals surface area contributed by atoms with E-state index < -0.39 is 0 Å². The number of fused-ring (bicyclic) bond motifs is 1. The lowest BCUT2D eigenvalue weighted by atomic mass is 9.91. The van der Waals surface area contributed by atoms with Crippen molar-refractivity contribution in [2.75, 3.05) is 13.1 Å². The fourth-order valence-corrected chi connectivity index (χ4v) is 4.72. The summed E-state index contributed by atoms with van der Waals surface area (Å²) in [6, 6.07) is 6.16. The summed E-state index contributed by atoms with van der Waals surface area (Å²) in [5.74, 6) is 0.611. The molecule has 0 radical (unpaired) electrons. The quantitative estimate of drug-likeness (QED) is 0.545. The zero-order chi connectivity index (χ0) is 21.8. The van der Waals surface area contributed by atoms with Gasteiger partial charge in [0.1, 0.15) is 5.65 Å². The first-order valence-corrected chi connectivity index (χ1v) is 11.5. The van der Waals surface area contributed by atoms with Gasteiger partial charge in [-0.1, -0.05) is 31.5 Å². The first-order valence-electron chi connectivity index (χ1n) is 11.1. The van der Waals surface area contributed by atoms with Crippen molar-refractivity contribution in [3.8, 4) is 0 Å². The summed E-state index contributed by atoms with van der Waals surface area (Å²) >= 11 is 6.51. The van der Waals surface area contributed by atoms with Crippen molar-refractivity contribution in [3.05, 3.63) is 59.1 Å². The van der Waals surface area contributed by atoms with E-state index in [1.165, 1.54) is 6.42 Å². The second kappa shape index (κ2) is 9.79. The van der Waals surface area contributed by atoms with Gasteiger partial charge in [0.2, 0.25) is 0 Å².